The Morgan fingerprint density at radius 2 is 1.77 bits per heavy atom. The van der Waals surface area contributed by atoms with Gasteiger partial charge in [-0.15, -0.1) is 0 Å². The number of hydrogen-bond donors (Lipinski definition) is 1. The number of hydrogen-bond acceptors (Lipinski definition) is 2. The van der Waals surface area contributed by atoms with Crippen LogP contribution in [0.2, 0.25) is 0 Å². The number of piperidine rings is 1. The Bertz CT molecular complexity index is 468. The molecule has 2 heteroatoms. The van der Waals surface area contributed by atoms with Crippen LogP contribution in [0.3, 0.4) is 0 Å². The summed E-state index contributed by atoms with van der Waals surface area (Å²) in [4.78, 5) is 2.55. The van der Waals surface area contributed by atoms with E-state index < -0.39 is 5.60 Å². The van der Waals surface area contributed by atoms with Crippen molar-refractivity contribution in [3.05, 3.63) is 35.9 Å². The molecule has 0 aromatic heterocycles. The summed E-state index contributed by atoms with van der Waals surface area (Å²) >= 11 is 0. The second-order valence-corrected chi connectivity index (χ2v) is 7.70. The molecular formula is C20H31NO. The van der Waals surface area contributed by atoms with E-state index in [9.17, 15) is 5.11 Å². The summed E-state index contributed by atoms with van der Waals surface area (Å²) in [5.74, 6) is 0.896. The molecule has 0 unspecified atom stereocenters. The van der Waals surface area contributed by atoms with Crippen LogP contribution in [-0.2, 0) is 6.54 Å². The van der Waals surface area contributed by atoms with Gasteiger partial charge < -0.3 is 5.11 Å². The highest BCUT2D eigenvalue weighted by molar-refractivity contribution is 5.15. The van der Waals surface area contributed by atoms with Crippen molar-refractivity contribution in [3.8, 4) is 0 Å². The van der Waals surface area contributed by atoms with E-state index in [0.717, 1.165) is 19.5 Å². The maximum atomic E-state index is 11.4. The average molecular weight is 301 g/mol. The summed E-state index contributed by atoms with van der Waals surface area (Å²) in [5, 5.41) is 11.4. The lowest BCUT2D eigenvalue weighted by molar-refractivity contribution is -0.131. The van der Waals surface area contributed by atoms with Gasteiger partial charge in [0.2, 0.25) is 0 Å². The van der Waals surface area contributed by atoms with Crippen molar-refractivity contribution in [2.75, 3.05) is 6.54 Å². The summed E-state index contributed by atoms with van der Waals surface area (Å²) in [5.41, 5.74) is 0.942. The molecular weight excluding hydrogens is 270 g/mol. The zero-order valence-corrected chi connectivity index (χ0v) is 14.2. The van der Waals surface area contributed by atoms with E-state index in [0.29, 0.717) is 17.9 Å². The van der Waals surface area contributed by atoms with Crippen LogP contribution in [0.15, 0.2) is 30.3 Å². The molecule has 1 aromatic rings. The van der Waals surface area contributed by atoms with Gasteiger partial charge in [0.05, 0.1) is 5.60 Å². The Labute approximate surface area is 135 Å². The number of nitrogens with zero attached hydrogens (tertiary/aromatic N) is 1. The Kier molecular flexibility index (Phi) is 4.89. The maximum absolute atomic E-state index is 11.4. The minimum atomic E-state index is -0.437. The number of benzene rings is 1. The number of aliphatic hydroxyl groups is 1. The second-order valence-electron chi connectivity index (χ2n) is 7.70. The molecule has 122 valence electrons. The number of likely N-dealkylation sites (tertiary alicyclic amines) is 1. The molecule has 1 aliphatic heterocycles. The summed E-state index contributed by atoms with van der Waals surface area (Å²) in [7, 11) is 0. The summed E-state index contributed by atoms with van der Waals surface area (Å²) < 4.78 is 0. The largest absolute Gasteiger partial charge is 0.389 e. The van der Waals surface area contributed by atoms with Crippen molar-refractivity contribution in [1.82, 2.24) is 4.90 Å². The summed E-state index contributed by atoms with van der Waals surface area (Å²) in [6, 6.07) is 11.2. The fourth-order valence-corrected chi connectivity index (χ4v) is 4.70. The van der Waals surface area contributed by atoms with Crippen molar-refractivity contribution < 1.29 is 5.11 Å². The first kappa shape index (κ1) is 16.0. The molecule has 0 spiro atoms. The van der Waals surface area contributed by atoms with E-state index in [-0.39, 0.29) is 0 Å². The third-order valence-electron chi connectivity index (χ3n) is 6.15. The molecule has 2 aliphatic rings. The van der Waals surface area contributed by atoms with Gasteiger partial charge in [-0.3, -0.25) is 4.90 Å². The lowest BCUT2D eigenvalue weighted by atomic mass is 9.66. The van der Waals surface area contributed by atoms with Crippen LogP contribution in [0.4, 0.5) is 0 Å². The monoisotopic (exact) mass is 301 g/mol. The van der Waals surface area contributed by atoms with E-state index in [1.165, 1.54) is 37.7 Å². The van der Waals surface area contributed by atoms with Gasteiger partial charge in [-0.05, 0) is 43.6 Å². The topological polar surface area (TPSA) is 23.5 Å². The molecule has 0 amide bonds. The molecule has 22 heavy (non-hydrogen) atoms. The van der Waals surface area contributed by atoms with Gasteiger partial charge in [0.25, 0.3) is 0 Å². The molecule has 1 saturated heterocycles. The SMILES string of the molecule is C[C@@H]1C[C@@](O)(C2CCCCC2)[C@H](C)CN1Cc1ccccc1. The Hall–Kier alpha value is -0.860. The maximum Gasteiger partial charge on any atom is 0.0728 e. The highest BCUT2D eigenvalue weighted by Gasteiger charge is 2.47. The van der Waals surface area contributed by atoms with Crippen LogP contribution in [0, 0.1) is 11.8 Å². The van der Waals surface area contributed by atoms with E-state index in [1.54, 1.807) is 0 Å². The molecule has 2 fully saturated rings. The van der Waals surface area contributed by atoms with Crippen LogP contribution < -0.4 is 0 Å². The standard InChI is InChI=1S/C20H31NO/c1-16-14-21(15-18-9-5-3-6-10-18)17(2)13-20(16,22)19-11-7-4-8-12-19/h3,5-6,9-10,16-17,19,22H,4,7-8,11-15H2,1-2H3/t16-,17-,20+/m1/s1. The Morgan fingerprint density at radius 3 is 2.45 bits per heavy atom. The summed E-state index contributed by atoms with van der Waals surface area (Å²) in [6.07, 6.45) is 7.37. The predicted octanol–water partition coefficient (Wildman–Crippen LogP) is 4.23. The first-order valence-electron chi connectivity index (χ1n) is 9.10. The van der Waals surface area contributed by atoms with E-state index in [1.807, 2.05) is 0 Å². The van der Waals surface area contributed by atoms with Crippen molar-refractivity contribution in [2.24, 2.45) is 11.8 Å². The lowest BCUT2D eigenvalue weighted by Crippen LogP contribution is -2.58. The minimum absolute atomic E-state index is 0.371. The molecule has 0 bridgehead atoms. The van der Waals surface area contributed by atoms with Crippen LogP contribution in [0.25, 0.3) is 0 Å². The van der Waals surface area contributed by atoms with Gasteiger partial charge in [-0.2, -0.15) is 0 Å². The van der Waals surface area contributed by atoms with Crippen LogP contribution >= 0.6 is 0 Å². The fraction of sp³-hybridized carbons (Fsp3) is 0.700. The second kappa shape index (κ2) is 6.72. The van der Waals surface area contributed by atoms with Crippen LogP contribution in [-0.4, -0.2) is 28.2 Å². The van der Waals surface area contributed by atoms with Crippen molar-refractivity contribution in [3.63, 3.8) is 0 Å². The van der Waals surface area contributed by atoms with Crippen molar-refractivity contribution in [2.45, 2.75) is 70.6 Å². The van der Waals surface area contributed by atoms with Gasteiger partial charge in [0.1, 0.15) is 0 Å². The Balaban J connectivity index is 1.68. The molecule has 1 saturated carbocycles. The first-order valence-corrected chi connectivity index (χ1v) is 9.10. The van der Waals surface area contributed by atoms with Gasteiger partial charge >= 0.3 is 0 Å². The van der Waals surface area contributed by atoms with Crippen molar-refractivity contribution >= 4 is 0 Å². The van der Waals surface area contributed by atoms with Gasteiger partial charge in [0, 0.05) is 19.1 Å². The first-order chi connectivity index (χ1) is 10.6. The van der Waals surface area contributed by atoms with Gasteiger partial charge in [0.15, 0.2) is 0 Å². The lowest BCUT2D eigenvalue weighted by Gasteiger charge is -2.51. The van der Waals surface area contributed by atoms with Crippen LogP contribution in [0.1, 0.15) is 57.9 Å². The molecule has 1 aromatic carbocycles. The third-order valence-corrected chi connectivity index (χ3v) is 6.15. The van der Waals surface area contributed by atoms with Crippen LogP contribution in [0.5, 0.6) is 0 Å². The van der Waals surface area contributed by atoms with Gasteiger partial charge in [-0.25, -0.2) is 0 Å². The zero-order valence-electron chi connectivity index (χ0n) is 14.2. The zero-order chi connectivity index (χ0) is 15.6. The molecule has 0 radical (unpaired) electrons. The van der Waals surface area contributed by atoms with E-state index in [4.69, 9.17) is 0 Å². The quantitative estimate of drug-likeness (QED) is 0.903. The summed E-state index contributed by atoms with van der Waals surface area (Å²) in [6.45, 7) is 6.58. The molecule has 2 nitrogen and oxygen atoms in total. The molecule has 3 rings (SSSR count). The van der Waals surface area contributed by atoms with E-state index in [2.05, 4.69) is 49.1 Å². The highest BCUT2D eigenvalue weighted by atomic mass is 16.3. The third kappa shape index (κ3) is 3.23. The normalized spacial score (nSPS) is 34.7. The van der Waals surface area contributed by atoms with Gasteiger partial charge in [-0.1, -0.05) is 56.5 Å². The Morgan fingerprint density at radius 1 is 1.09 bits per heavy atom. The molecule has 1 N–H and O–H groups in total. The molecule has 1 heterocycles. The minimum Gasteiger partial charge on any atom is -0.389 e. The van der Waals surface area contributed by atoms with E-state index >= 15 is 0 Å². The molecule has 3 atom stereocenters. The predicted molar refractivity (Wildman–Crippen MR) is 91.6 cm³/mol. The highest BCUT2D eigenvalue weighted by Crippen LogP contribution is 2.43. The fourth-order valence-electron chi connectivity index (χ4n) is 4.70. The number of rotatable bonds is 3. The average Bonchev–Trinajstić information content (AvgIpc) is 2.54. The smallest absolute Gasteiger partial charge is 0.0728 e. The van der Waals surface area contributed by atoms with Crippen molar-refractivity contribution in [1.29, 1.82) is 0 Å². The molecule has 1 aliphatic carbocycles.